The van der Waals surface area contributed by atoms with Crippen LogP contribution in [-0.4, -0.2) is 16.0 Å². The third-order valence-electron chi connectivity index (χ3n) is 4.32. The van der Waals surface area contributed by atoms with Crippen molar-refractivity contribution in [2.45, 2.75) is 6.54 Å². The molecule has 0 aliphatic carbocycles. The Balaban J connectivity index is 1.68. The van der Waals surface area contributed by atoms with Crippen LogP contribution in [0.2, 0.25) is 20.1 Å². The number of nitrogens with zero attached hydrogens (tertiary/aromatic N) is 1. The van der Waals surface area contributed by atoms with E-state index in [9.17, 15) is 14.4 Å². The quantitative estimate of drug-likeness (QED) is 0.377. The van der Waals surface area contributed by atoms with Crippen molar-refractivity contribution in [1.82, 2.24) is 4.90 Å². The van der Waals surface area contributed by atoms with E-state index in [1.807, 2.05) is 0 Å². The fourth-order valence-electron chi connectivity index (χ4n) is 2.88. The van der Waals surface area contributed by atoms with E-state index in [1.54, 1.807) is 12.1 Å². The monoisotopic (exact) mass is 499 g/mol. The average Bonchev–Trinajstić information content (AvgIpc) is 2.93. The van der Waals surface area contributed by atoms with Crippen LogP contribution in [0.15, 0.2) is 50.7 Å². The molecule has 0 spiro atoms. The van der Waals surface area contributed by atoms with E-state index in [0.29, 0.717) is 15.6 Å². The molecule has 30 heavy (non-hydrogen) atoms. The molecule has 5 nitrogen and oxygen atoms in total. The van der Waals surface area contributed by atoms with Gasteiger partial charge in [0.25, 0.3) is 11.1 Å². The van der Waals surface area contributed by atoms with E-state index in [-0.39, 0.29) is 38.0 Å². The van der Waals surface area contributed by atoms with Crippen molar-refractivity contribution < 1.29 is 14.0 Å². The van der Waals surface area contributed by atoms with Gasteiger partial charge in [-0.05, 0) is 47.7 Å². The van der Waals surface area contributed by atoms with Crippen molar-refractivity contribution in [2.75, 3.05) is 0 Å². The summed E-state index contributed by atoms with van der Waals surface area (Å²) in [6, 6.07) is 7.68. The fraction of sp³-hybridized carbons (Fsp3) is 0.0500. The van der Waals surface area contributed by atoms with Gasteiger partial charge in [-0.1, -0.05) is 52.5 Å². The second-order valence-electron chi connectivity index (χ2n) is 6.29. The van der Waals surface area contributed by atoms with Crippen LogP contribution in [-0.2, 0) is 11.3 Å². The van der Waals surface area contributed by atoms with Gasteiger partial charge in [0.1, 0.15) is 6.26 Å². The van der Waals surface area contributed by atoms with Gasteiger partial charge in [-0.3, -0.25) is 19.3 Å². The van der Waals surface area contributed by atoms with Crippen LogP contribution < -0.4 is 5.43 Å². The molecule has 0 N–H and O–H groups in total. The molecule has 1 aromatic heterocycles. The molecule has 2 amide bonds. The molecule has 1 aliphatic heterocycles. The Hall–Kier alpha value is -1.96. The van der Waals surface area contributed by atoms with Crippen LogP contribution in [0.25, 0.3) is 17.0 Å². The summed E-state index contributed by atoms with van der Waals surface area (Å²) in [6.45, 7) is -0.0183. The Morgan fingerprint density at radius 1 is 0.967 bits per heavy atom. The molecule has 152 valence electrons. The second kappa shape index (κ2) is 8.29. The van der Waals surface area contributed by atoms with Crippen LogP contribution in [0.1, 0.15) is 11.1 Å². The molecule has 4 rings (SSSR count). The normalized spacial score (nSPS) is 15.6. The molecule has 10 heteroatoms. The maximum atomic E-state index is 12.8. The predicted molar refractivity (Wildman–Crippen MR) is 120 cm³/mol. The van der Waals surface area contributed by atoms with Gasteiger partial charge < -0.3 is 4.42 Å². The first-order valence-electron chi connectivity index (χ1n) is 8.34. The van der Waals surface area contributed by atoms with Crippen molar-refractivity contribution in [3.05, 3.63) is 82.9 Å². The topological polar surface area (TPSA) is 67.6 Å². The molecular formula is C20H9Cl4NO4S. The van der Waals surface area contributed by atoms with E-state index >= 15 is 0 Å². The lowest BCUT2D eigenvalue weighted by molar-refractivity contribution is -0.123. The summed E-state index contributed by atoms with van der Waals surface area (Å²) in [6.07, 6.45) is 2.50. The number of imide groups is 1. The standard InChI is InChI=1S/C20H9Cl4NO4S/c21-11-2-1-9(14(23)5-11)7-25-19(27)16(30-20(25)28)3-10-8-29-18-13(17(10)26)4-12(22)6-15(18)24/h1-6,8H,7H2/b16-3-. The first-order valence-corrected chi connectivity index (χ1v) is 10.7. The van der Waals surface area contributed by atoms with Crippen LogP contribution in [0.5, 0.6) is 0 Å². The van der Waals surface area contributed by atoms with Crippen LogP contribution in [0.4, 0.5) is 4.79 Å². The van der Waals surface area contributed by atoms with Gasteiger partial charge in [-0.15, -0.1) is 0 Å². The Kier molecular flexibility index (Phi) is 5.88. The summed E-state index contributed by atoms with van der Waals surface area (Å²) < 4.78 is 5.45. The highest BCUT2D eigenvalue weighted by molar-refractivity contribution is 8.18. The number of hydrogen-bond acceptors (Lipinski definition) is 5. The Labute approximate surface area is 194 Å². The van der Waals surface area contributed by atoms with Crippen LogP contribution >= 0.6 is 58.2 Å². The molecule has 0 unspecified atom stereocenters. The molecule has 0 atom stereocenters. The smallest absolute Gasteiger partial charge is 0.293 e. The zero-order valence-corrected chi connectivity index (χ0v) is 18.6. The van der Waals surface area contributed by atoms with Gasteiger partial charge in [0.15, 0.2) is 11.0 Å². The number of benzene rings is 2. The average molecular weight is 501 g/mol. The Morgan fingerprint density at radius 2 is 1.70 bits per heavy atom. The fourth-order valence-corrected chi connectivity index (χ4v) is 4.71. The minimum atomic E-state index is -0.542. The maximum absolute atomic E-state index is 12.8. The Morgan fingerprint density at radius 3 is 2.43 bits per heavy atom. The number of halogens is 4. The number of carbonyl (C=O) groups excluding carboxylic acids is 2. The van der Waals surface area contributed by atoms with Crippen molar-refractivity contribution >= 4 is 86.4 Å². The maximum Gasteiger partial charge on any atom is 0.293 e. The van der Waals surface area contributed by atoms with Crippen molar-refractivity contribution in [3.8, 4) is 0 Å². The predicted octanol–water partition coefficient (Wildman–Crippen LogP) is 6.64. The number of amides is 2. The highest BCUT2D eigenvalue weighted by atomic mass is 35.5. The van der Waals surface area contributed by atoms with Crippen LogP contribution in [0, 0.1) is 0 Å². The number of hydrogen-bond donors (Lipinski definition) is 0. The second-order valence-corrected chi connectivity index (χ2v) is 8.97. The van der Waals surface area contributed by atoms with Gasteiger partial charge in [-0.2, -0.15) is 0 Å². The largest absolute Gasteiger partial charge is 0.462 e. The molecule has 0 radical (unpaired) electrons. The summed E-state index contributed by atoms with van der Waals surface area (Å²) in [5, 5.41) is 0.955. The van der Waals surface area contributed by atoms with Crippen molar-refractivity contribution in [1.29, 1.82) is 0 Å². The van der Waals surface area contributed by atoms with Gasteiger partial charge in [-0.25, -0.2) is 0 Å². The SMILES string of the molecule is O=C1S/C(=C\c2coc3c(Cl)cc(Cl)cc3c2=O)C(=O)N1Cc1ccc(Cl)cc1Cl. The van der Waals surface area contributed by atoms with E-state index in [1.165, 1.54) is 30.5 Å². The van der Waals surface area contributed by atoms with Gasteiger partial charge >= 0.3 is 0 Å². The summed E-state index contributed by atoms with van der Waals surface area (Å²) in [7, 11) is 0. The van der Waals surface area contributed by atoms with E-state index in [2.05, 4.69) is 0 Å². The lowest BCUT2D eigenvalue weighted by Gasteiger charge is -2.13. The van der Waals surface area contributed by atoms with E-state index < -0.39 is 16.6 Å². The first-order chi connectivity index (χ1) is 14.2. The van der Waals surface area contributed by atoms with E-state index in [0.717, 1.165) is 16.7 Å². The summed E-state index contributed by atoms with van der Waals surface area (Å²) in [4.78, 5) is 39.1. The molecule has 2 aromatic carbocycles. The third kappa shape index (κ3) is 3.98. The van der Waals surface area contributed by atoms with Crippen LogP contribution in [0.3, 0.4) is 0 Å². The molecule has 1 saturated heterocycles. The molecule has 3 aromatic rings. The summed E-state index contributed by atoms with van der Waals surface area (Å²) in [5.74, 6) is -0.542. The summed E-state index contributed by atoms with van der Waals surface area (Å²) in [5.41, 5.74) is 0.428. The lowest BCUT2D eigenvalue weighted by atomic mass is 10.1. The molecule has 0 bridgehead atoms. The summed E-state index contributed by atoms with van der Waals surface area (Å²) >= 11 is 24.8. The zero-order valence-electron chi connectivity index (χ0n) is 14.7. The number of thioether (sulfide) groups is 1. The van der Waals surface area contributed by atoms with Gasteiger partial charge in [0.05, 0.1) is 27.4 Å². The molecule has 0 saturated carbocycles. The number of fused-ring (bicyclic) bond motifs is 1. The highest BCUT2D eigenvalue weighted by Gasteiger charge is 2.35. The molecule has 2 heterocycles. The minimum absolute atomic E-state index is 0.0183. The van der Waals surface area contributed by atoms with Gasteiger partial charge in [0.2, 0.25) is 0 Å². The first kappa shape index (κ1) is 21.3. The third-order valence-corrected chi connectivity index (χ3v) is 6.32. The van der Waals surface area contributed by atoms with Crippen molar-refractivity contribution in [2.24, 2.45) is 0 Å². The number of rotatable bonds is 3. The highest BCUT2D eigenvalue weighted by Crippen LogP contribution is 2.35. The van der Waals surface area contributed by atoms with Crippen molar-refractivity contribution in [3.63, 3.8) is 0 Å². The zero-order chi connectivity index (χ0) is 21.6. The molecular weight excluding hydrogens is 492 g/mol. The Bertz CT molecular complexity index is 1320. The molecule has 1 aliphatic rings. The lowest BCUT2D eigenvalue weighted by Crippen LogP contribution is -2.27. The van der Waals surface area contributed by atoms with E-state index in [4.69, 9.17) is 50.8 Å². The minimum Gasteiger partial charge on any atom is -0.462 e. The molecule has 1 fully saturated rings. The van der Waals surface area contributed by atoms with Gasteiger partial charge in [0, 0.05) is 15.1 Å². The number of carbonyl (C=O) groups is 2.